The normalized spacial score (nSPS) is 15.5. The molecule has 0 aliphatic heterocycles. The lowest BCUT2D eigenvalue weighted by Crippen LogP contribution is -2.31. The summed E-state index contributed by atoms with van der Waals surface area (Å²) in [5.74, 6) is 0.876. The topological polar surface area (TPSA) is 84.2 Å². The molecule has 0 radical (unpaired) electrons. The average Bonchev–Trinajstić information content (AvgIpc) is 2.65. The van der Waals surface area contributed by atoms with Crippen molar-refractivity contribution in [3.8, 4) is 0 Å². The molecule has 1 aromatic rings. The third-order valence-corrected chi connectivity index (χ3v) is 5.76. The molecule has 7 heteroatoms. The molecule has 0 bridgehead atoms. The fourth-order valence-electron chi connectivity index (χ4n) is 3.13. The maximum Gasteiger partial charge on any atom is 0.252 e. The lowest BCUT2D eigenvalue weighted by atomic mass is 9.89. The van der Waals surface area contributed by atoms with Gasteiger partial charge < -0.3 is 16.4 Å². The van der Waals surface area contributed by atoms with Crippen molar-refractivity contribution in [1.29, 1.82) is 0 Å². The van der Waals surface area contributed by atoms with Crippen LogP contribution in [-0.4, -0.2) is 36.7 Å². The summed E-state index contributed by atoms with van der Waals surface area (Å²) in [5, 5.41) is 5.94. The zero-order valence-electron chi connectivity index (χ0n) is 16.0. The van der Waals surface area contributed by atoms with Crippen molar-refractivity contribution in [2.45, 2.75) is 56.4 Å². The van der Waals surface area contributed by atoms with Crippen LogP contribution in [-0.2, 0) is 4.79 Å². The van der Waals surface area contributed by atoms with Gasteiger partial charge in [-0.05, 0) is 44.2 Å². The highest BCUT2D eigenvalue weighted by molar-refractivity contribution is 8.00. The number of carbonyl (C=O) groups excluding carboxylic acids is 2. The first-order valence-corrected chi connectivity index (χ1v) is 10.6. The number of nitrogens with one attached hydrogen (secondary N) is 2. The number of thioether (sulfide) groups is 1. The summed E-state index contributed by atoms with van der Waals surface area (Å²) in [6, 6.07) is 7.48. The van der Waals surface area contributed by atoms with E-state index in [4.69, 9.17) is 5.73 Å². The molecule has 1 aliphatic rings. The molecule has 4 N–H and O–H groups in total. The molecule has 2 rings (SSSR count). The Kier molecular flexibility index (Phi) is 11.5. The molecule has 0 saturated heterocycles. The Bertz CT molecular complexity index is 592. The summed E-state index contributed by atoms with van der Waals surface area (Å²) in [6.07, 6.45) is 7.06. The van der Waals surface area contributed by atoms with Crippen molar-refractivity contribution in [2.75, 3.05) is 18.8 Å². The molecule has 0 spiro atoms. The van der Waals surface area contributed by atoms with Crippen molar-refractivity contribution in [1.82, 2.24) is 10.6 Å². The number of carbonyl (C=O) groups is 2. The summed E-state index contributed by atoms with van der Waals surface area (Å²) in [4.78, 5) is 25.3. The minimum atomic E-state index is -0.114. The molecule has 1 saturated carbocycles. The predicted molar refractivity (Wildman–Crippen MR) is 115 cm³/mol. The molecule has 0 aromatic heterocycles. The van der Waals surface area contributed by atoms with Crippen LogP contribution >= 0.6 is 24.2 Å². The van der Waals surface area contributed by atoms with Gasteiger partial charge in [0.15, 0.2) is 0 Å². The van der Waals surface area contributed by atoms with E-state index in [1.165, 1.54) is 43.9 Å². The second-order valence-corrected chi connectivity index (χ2v) is 8.13. The number of hydrogen-bond acceptors (Lipinski definition) is 4. The first-order valence-electron chi connectivity index (χ1n) is 9.58. The van der Waals surface area contributed by atoms with Gasteiger partial charge in [-0.25, -0.2) is 0 Å². The molecule has 1 atom stereocenters. The number of benzene rings is 1. The smallest absolute Gasteiger partial charge is 0.252 e. The number of amides is 2. The van der Waals surface area contributed by atoms with Gasteiger partial charge in [-0.3, -0.25) is 9.59 Å². The van der Waals surface area contributed by atoms with E-state index in [1.807, 2.05) is 25.1 Å². The summed E-state index contributed by atoms with van der Waals surface area (Å²) >= 11 is 1.41. The summed E-state index contributed by atoms with van der Waals surface area (Å²) < 4.78 is 0. The van der Waals surface area contributed by atoms with Crippen LogP contribution < -0.4 is 16.4 Å². The maximum absolute atomic E-state index is 12.4. The second kappa shape index (κ2) is 13.0. The van der Waals surface area contributed by atoms with Crippen LogP contribution in [0.5, 0.6) is 0 Å². The molecule has 1 aliphatic carbocycles. The van der Waals surface area contributed by atoms with Crippen molar-refractivity contribution in [3.63, 3.8) is 0 Å². The molecule has 1 unspecified atom stereocenters. The lowest BCUT2D eigenvalue weighted by molar-refractivity contribution is -0.118. The van der Waals surface area contributed by atoms with Gasteiger partial charge in [0.05, 0.1) is 11.3 Å². The number of nitrogens with two attached hydrogens (primary N) is 1. The number of halogens is 1. The first kappa shape index (κ1) is 23.8. The van der Waals surface area contributed by atoms with Crippen LogP contribution in [0, 0.1) is 5.92 Å². The van der Waals surface area contributed by atoms with Gasteiger partial charge in [0.25, 0.3) is 5.91 Å². The van der Waals surface area contributed by atoms with Crippen LogP contribution in [0.4, 0.5) is 0 Å². The Morgan fingerprint density at radius 2 is 1.89 bits per heavy atom. The Hall–Kier alpha value is -1.24. The molecule has 2 amide bonds. The third kappa shape index (κ3) is 9.00. The summed E-state index contributed by atoms with van der Waals surface area (Å²) in [5.41, 5.74) is 6.32. The Balaban J connectivity index is 0.00000364. The maximum atomic E-state index is 12.4. The van der Waals surface area contributed by atoms with Gasteiger partial charge in [0.1, 0.15) is 0 Å². The van der Waals surface area contributed by atoms with E-state index < -0.39 is 0 Å². The largest absolute Gasteiger partial charge is 0.355 e. The molecular weight excluding hydrogens is 382 g/mol. The van der Waals surface area contributed by atoms with E-state index in [0.29, 0.717) is 23.8 Å². The minimum Gasteiger partial charge on any atom is -0.355 e. The monoisotopic (exact) mass is 413 g/mol. The van der Waals surface area contributed by atoms with Crippen LogP contribution in [0.15, 0.2) is 29.2 Å². The molecule has 27 heavy (non-hydrogen) atoms. The first-order chi connectivity index (χ1) is 12.6. The second-order valence-electron chi connectivity index (χ2n) is 7.11. The van der Waals surface area contributed by atoms with Gasteiger partial charge >= 0.3 is 0 Å². The zero-order chi connectivity index (χ0) is 18.8. The van der Waals surface area contributed by atoms with E-state index in [9.17, 15) is 9.59 Å². The Morgan fingerprint density at radius 1 is 1.19 bits per heavy atom. The highest BCUT2D eigenvalue weighted by Crippen LogP contribution is 2.24. The lowest BCUT2D eigenvalue weighted by Gasteiger charge is -2.21. The van der Waals surface area contributed by atoms with Crippen LogP contribution in [0.25, 0.3) is 0 Å². The van der Waals surface area contributed by atoms with Gasteiger partial charge in [-0.2, -0.15) is 0 Å². The van der Waals surface area contributed by atoms with Gasteiger partial charge in [0.2, 0.25) is 5.91 Å². The van der Waals surface area contributed by atoms with Crippen LogP contribution in [0.2, 0.25) is 0 Å². The van der Waals surface area contributed by atoms with Gasteiger partial charge in [0, 0.05) is 24.0 Å². The van der Waals surface area contributed by atoms with E-state index in [0.717, 1.165) is 17.9 Å². The molecule has 5 nitrogen and oxygen atoms in total. The van der Waals surface area contributed by atoms with Crippen LogP contribution in [0.1, 0.15) is 55.8 Å². The molecular formula is C20H32ClN3O2S. The van der Waals surface area contributed by atoms with E-state index >= 15 is 0 Å². The zero-order valence-corrected chi connectivity index (χ0v) is 17.7. The SMILES string of the molecule is CC(N)CCNC(=O)c1ccccc1SCC(=O)NCC1CCCCC1.Cl. The molecule has 0 heterocycles. The quantitative estimate of drug-likeness (QED) is 0.542. The van der Waals surface area contributed by atoms with Crippen molar-refractivity contribution in [3.05, 3.63) is 29.8 Å². The predicted octanol–water partition coefficient (Wildman–Crippen LogP) is 3.36. The molecule has 1 aromatic carbocycles. The fourth-order valence-corrected chi connectivity index (χ4v) is 4.01. The standard InChI is InChI=1S/C20H31N3O2S.ClH/c1-15(21)11-12-22-20(25)17-9-5-6-10-18(17)26-14-19(24)23-13-16-7-3-2-4-8-16;/h5-6,9-10,15-16H,2-4,7-8,11-14,21H2,1H3,(H,22,25)(H,23,24);1H. The van der Waals surface area contributed by atoms with Crippen LogP contribution in [0.3, 0.4) is 0 Å². The average molecular weight is 414 g/mol. The van der Waals surface area contributed by atoms with Crippen molar-refractivity contribution < 1.29 is 9.59 Å². The molecule has 1 fully saturated rings. The third-order valence-electron chi connectivity index (χ3n) is 4.69. The molecule has 152 valence electrons. The Morgan fingerprint density at radius 3 is 2.59 bits per heavy atom. The Labute approximate surface area is 173 Å². The van der Waals surface area contributed by atoms with E-state index in [2.05, 4.69) is 10.6 Å². The van der Waals surface area contributed by atoms with Crippen molar-refractivity contribution in [2.24, 2.45) is 11.7 Å². The number of hydrogen-bond donors (Lipinski definition) is 3. The van der Waals surface area contributed by atoms with Gasteiger partial charge in [-0.1, -0.05) is 31.4 Å². The van der Waals surface area contributed by atoms with E-state index in [1.54, 1.807) is 6.07 Å². The number of rotatable bonds is 9. The van der Waals surface area contributed by atoms with Gasteiger partial charge in [-0.15, -0.1) is 24.2 Å². The van der Waals surface area contributed by atoms with E-state index in [-0.39, 0.29) is 30.3 Å². The summed E-state index contributed by atoms with van der Waals surface area (Å²) in [6.45, 7) is 3.25. The van der Waals surface area contributed by atoms with Crippen molar-refractivity contribution >= 4 is 36.0 Å². The highest BCUT2D eigenvalue weighted by Gasteiger charge is 2.15. The summed E-state index contributed by atoms with van der Waals surface area (Å²) in [7, 11) is 0. The fraction of sp³-hybridized carbons (Fsp3) is 0.600. The minimum absolute atomic E-state index is 0. The highest BCUT2D eigenvalue weighted by atomic mass is 35.5.